The van der Waals surface area contributed by atoms with E-state index in [9.17, 15) is 4.79 Å². The molecule has 2 N–H and O–H groups in total. The third kappa shape index (κ3) is 3.57. The summed E-state index contributed by atoms with van der Waals surface area (Å²) in [5.41, 5.74) is 7.78. The summed E-state index contributed by atoms with van der Waals surface area (Å²) >= 11 is 0. The number of hydrogen-bond donors (Lipinski definition) is 1. The van der Waals surface area contributed by atoms with Crippen LogP contribution in [0.4, 0.5) is 0 Å². The van der Waals surface area contributed by atoms with Gasteiger partial charge in [-0.3, -0.25) is 4.79 Å². The Labute approximate surface area is 115 Å². The van der Waals surface area contributed by atoms with E-state index in [1.54, 1.807) is 0 Å². The van der Waals surface area contributed by atoms with Crippen molar-refractivity contribution in [1.82, 2.24) is 4.90 Å². The number of piperidine rings is 1. The molecule has 1 aliphatic rings. The lowest BCUT2D eigenvalue weighted by atomic mass is 9.99. The molecule has 1 amide bonds. The standard InChI is InChI=1S/C16H24N2O/c1-2-15-5-3-4-10-18(15)16(19)11-13-6-8-14(12-17)9-7-13/h6-9,15H,2-5,10-12,17H2,1H3. The number of hydrogen-bond acceptors (Lipinski definition) is 2. The van der Waals surface area contributed by atoms with E-state index in [0.29, 0.717) is 19.0 Å². The van der Waals surface area contributed by atoms with Crippen LogP contribution < -0.4 is 5.73 Å². The van der Waals surface area contributed by atoms with Gasteiger partial charge >= 0.3 is 0 Å². The van der Waals surface area contributed by atoms with Gasteiger partial charge in [0.1, 0.15) is 0 Å². The minimum atomic E-state index is 0.270. The second-order valence-electron chi connectivity index (χ2n) is 5.34. The van der Waals surface area contributed by atoms with Gasteiger partial charge in [0.2, 0.25) is 5.91 Å². The highest BCUT2D eigenvalue weighted by Gasteiger charge is 2.24. The lowest BCUT2D eigenvalue weighted by molar-refractivity contribution is -0.134. The average molecular weight is 260 g/mol. The van der Waals surface area contributed by atoms with Crippen molar-refractivity contribution in [3.05, 3.63) is 35.4 Å². The fraction of sp³-hybridized carbons (Fsp3) is 0.562. The maximum Gasteiger partial charge on any atom is 0.227 e. The van der Waals surface area contributed by atoms with E-state index in [0.717, 1.165) is 36.9 Å². The van der Waals surface area contributed by atoms with Crippen LogP contribution in [0.1, 0.15) is 43.7 Å². The van der Waals surface area contributed by atoms with Crippen LogP contribution in [0.2, 0.25) is 0 Å². The molecule has 1 aromatic rings. The second-order valence-corrected chi connectivity index (χ2v) is 5.34. The number of nitrogens with two attached hydrogens (primary N) is 1. The minimum Gasteiger partial charge on any atom is -0.339 e. The molecular formula is C16H24N2O. The quantitative estimate of drug-likeness (QED) is 0.904. The van der Waals surface area contributed by atoms with E-state index in [-0.39, 0.29) is 5.91 Å². The Bertz CT molecular complexity index is 413. The first-order valence-corrected chi connectivity index (χ1v) is 7.32. The molecule has 0 saturated carbocycles. The summed E-state index contributed by atoms with van der Waals surface area (Å²) in [6.45, 7) is 3.66. The zero-order chi connectivity index (χ0) is 13.7. The van der Waals surface area contributed by atoms with E-state index in [1.807, 2.05) is 24.3 Å². The molecule has 0 spiro atoms. The molecule has 1 heterocycles. The fourth-order valence-electron chi connectivity index (χ4n) is 2.82. The second kappa shape index (κ2) is 6.71. The number of benzene rings is 1. The van der Waals surface area contributed by atoms with Gasteiger partial charge in [-0.05, 0) is 36.8 Å². The third-order valence-electron chi connectivity index (χ3n) is 4.03. The van der Waals surface area contributed by atoms with Crippen LogP contribution in [-0.2, 0) is 17.8 Å². The van der Waals surface area contributed by atoms with Crippen LogP contribution in [0, 0.1) is 0 Å². The monoisotopic (exact) mass is 260 g/mol. The normalized spacial score (nSPS) is 19.5. The predicted octanol–water partition coefficient (Wildman–Crippen LogP) is 2.48. The Morgan fingerprint density at radius 3 is 2.58 bits per heavy atom. The first kappa shape index (κ1) is 14.1. The Kier molecular flexibility index (Phi) is 4.97. The Balaban J connectivity index is 1.98. The summed E-state index contributed by atoms with van der Waals surface area (Å²) in [4.78, 5) is 14.5. The molecule has 1 fully saturated rings. The number of carbonyl (C=O) groups excluding carboxylic acids is 1. The highest BCUT2D eigenvalue weighted by molar-refractivity contribution is 5.79. The number of nitrogens with zero attached hydrogens (tertiary/aromatic N) is 1. The largest absolute Gasteiger partial charge is 0.339 e. The van der Waals surface area contributed by atoms with Crippen molar-refractivity contribution in [3.63, 3.8) is 0 Å². The molecule has 3 nitrogen and oxygen atoms in total. The van der Waals surface area contributed by atoms with Gasteiger partial charge in [0.15, 0.2) is 0 Å². The molecule has 1 aliphatic heterocycles. The van der Waals surface area contributed by atoms with Crippen LogP contribution in [0.5, 0.6) is 0 Å². The van der Waals surface area contributed by atoms with Gasteiger partial charge in [-0.25, -0.2) is 0 Å². The molecule has 1 aromatic carbocycles. The topological polar surface area (TPSA) is 46.3 Å². The van der Waals surface area contributed by atoms with Gasteiger partial charge < -0.3 is 10.6 Å². The molecule has 1 saturated heterocycles. The van der Waals surface area contributed by atoms with Crippen molar-refractivity contribution >= 4 is 5.91 Å². The number of likely N-dealkylation sites (tertiary alicyclic amines) is 1. The van der Waals surface area contributed by atoms with Gasteiger partial charge in [0, 0.05) is 19.1 Å². The fourth-order valence-corrected chi connectivity index (χ4v) is 2.82. The van der Waals surface area contributed by atoms with Gasteiger partial charge in [0.05, 0.1) is 6.42 Å². The van der Waals surface area contributed by atoms with Gasteiger partial charge in [-0.2, -0.15) is 0 Å². The highest BCUT2D eigenvalue weighted by Crippen LogP contribution is 2.20. The molecule has 104 valence electrons. The summed E-state index contributed by atoms with van der Waals surface area (Å²) in [7, 11) is 0. The van der Waals surface area contributed by atoms with Crippen molar-refractivity contribution in [2.45, 2.75) is 51.6 Å². The first-order chi connectivity index (χ1) is 9.24. The lowest BCUT2D eigenvalue weighted by Crippen LogP contribution is -2.44. The number of carbonyl (C=O) groups is 1. The predicted molar refractivity (Wildman–Crippen MR) is 77.7 cm³/mol. The first-order valence-electron chi connectivity index (χ1n) is 7.32. The summed E-state index contributed by atoms with van der Waals surface area (Å²) in [6, 6.07) is 8.51. The van der Waals surface area contributed by atoms with E-state index < -0.39 is 0 Å². The SMILES string of the molecule is CCC1CCCCN1C(=O)Cc1ccc(CN)cc1. The van der Waals surface area contributed by atoms with E-state index >= 15 is 0 Å². The van der Waals surface area contributed by atoms with Crippen LogP contribution in [-0.4, -0.2) is 23.4 Å². The number of amides is 1. The lowest BCUT2D eigenvalue weighted by Gasteiger charge is -2.35. The van der Waals surface area contributed by atoms with Crippen LogP contribution in [0.15, 0.2) is 24.3 Å². The van der Waals surface area contributed by atoms with Gasteiger partial charge in [-0.15, -0.1) is 0 Å². The summed E-state index contributed by atoms with van der Waals surface area (Å²) in [5, 5.41) is 0. The molecule has 1 unspecified atom stereocenters. The summed E-state index contributed by atoms with van der Waals surface area (Å²) in [6.07, 6.45) is 5.15. The summed E-state index contributed by atoms with van der Waals surface area (Å²) < 4.78 is 0. The van der Waals surface area contributed by atoms with E-state index in [1.165, 1.54) is 6.42 Å². The van der Waals surface area contributed by atoms with Crippen molar-refractivity contribution in [1.29, 1.82) is 0 Å². The van der Waals surface area contributed by atoms with E-state index in [4.69, 9.17) is 5.73 Å². The number of rotatable bonds is 4. The third-order valence-corrected chi connectivity index (χ3v) is 4.03. The summed E-state index contributed by atoms with van der Waals surface area (Å²) in [5.74, 6) is 0.270. The van der Waals surface area contributed by atoms with Gasteiger partial charge in [0.25, 0.3) is 0 Å². The Hall–Kier alpha value is -1.35. The minimum absolute atomic E-state index is 0.270. The van der Waals surface area contributed by atoms with E-state index in [2.05, 4.69) is 11.8 Å². The molecule has 0 aliphatic carbocycles. The molecule has 1 atom stereocenters. The molecule has 0 radical (unpaired) electrons. The van der Waals surface area contributed by atoms with Crippen molar-refractivity contribution < 1.29 is 4.79 Å². The van der Waals surface area contributed by atoms with Crippen LogP contribution in [0.25, 0.3) is 0 Å². The molecule has 0 aromatic heterocycles. The van der Waals surface area contributed by atoms with Gasteiger partial charge in [-0.1, -0.05) is 31.2 Å². The maximum absolute atomic E-state index is 12.4. The zero-order valence-corrected chi connectivity index (χ0v) is 11.8. The van der Waals surface area contributed by atoms with Crippen molar-refractivity contribution in [2.75, 3.05) is 6.54 Å². The molecule has 19 heavy (non-hydrogen) atoms. The molecule has 2 rings (SSSR count). The molecular weight excluding hydrogens is 236 g/mol. The van der Waals surface area contributed by atoms with Crippen LogP contribution >= 0.6 is 0 Å². The molecule has 3 heteroatoms. The maximum atomic E-state index is 12.4. The van der Waals surface area contributed by atoms with Crippen molar-refractivity contribution in [3.8, 4) is 0 Å². The average Bonchev–Trinajstić information content (AvgIpc) is 2.48. The highest BCUT2D eigenvalue weighted by atomic mass is 16.2. The Morgan fingerprint density at radius 1 is 1.26 bits per heavy atom. The van der Waals surface area contributed by atoms with Crippen molar-refractivity contribution in [2.24, 2.45) is 5.73 Å². The van der Waals surface area contributed by atoms with Crippen LogP contribution in [0.3, 0.4) is 0 Å². The smallest absolute Gasteiger partial charge is 0.227 e. The molecule has 0 bridgehead atoms. The zero-order valence-electron chi connectivity index (χ0n) is 11.8. The Morgan fingerprint density at radius 2 is 1.95 bits per heavy atom.